The van der Waals surface area contributed by atoms with E-state index in [0.29, 0.717) is 19.3 Å². The van der Waals surface area contributed by atoms with Crippen molar-refractivity contribution in [1.29, 1.82) is 0 Å². The second-order valence-electron chi connectivity index (χ2n) is 22.7. The van der Waals surface area contributed by atoms with Crippen LogP contribution in [-0.2, 0) is 28.6 Å². The Bertz CT molecular complexity index is 1500. The second-order valence-corrected chi connectivity index (χ2v) is 22.7. The lowest BCUT2D eigenvalue weighted by Gasteiger charge is -2.18. The van der Waals surface area contributed by atoms with Crippen LogP contribution in [0, 0.1) is 0 Å². The predicted molar refractivity (Wildman–Crippen MR) is 344 cm³/mol. The van der Waals surface area contributed by atoms with Gasteiger partial charge in [-0.15, -0.1) is 0 Å². The summed E-state index contributed by atoms with van der Waals surface area (Å²) in [4.78, 5) is 38.3. The Hall–Kier alpha value is -3.41. The standard InChI is InChI=1S/C73H128O6/c1-4-7-10-13-16-19-22-25-27-29-31-32-33-34-35-36-37-38-39-40-41-42-43-45-46-48-51-54-57-60-63-66-72(75)78-69-70(68-77-71(74)65-62-59-56-53-50-24-21-18-15-12-9-6-3)79-73(76)67-64-61-58-55-52-49-47-44-30-28-26-23-20-17-14-11-8-5-2/h7,10,16,19,25,27-28,30-32,34-35,37-38,70H,4-6,8-9,11-15,17-18,20-24,26,29,33,36,39-69H2,1-3H3/b10-7-,19-16-,27-25-,30-28-,32-31-,35-34-,38-37-. The van der Waals surface area contributed by atoms with Crippen LogP contribution >= 0.6 is 0 Å². The van der Waals surface area contributed by atoms with Crippen LogP contribution in [0.1, 0.15) is 342 Å². The molecular weight excluding hydrogens is 973 g/mol. The van der Waals surface area contributed by atoms with Crippen LogP contribution in [0.3, 0.4) is 0 Å². The van der Waals surface area contributed by atoms with Gasteiger partial charge in [0.05, 0.1) is 0 Å². The summed E-state index contributed by atoms with van der Waals surface area (Å²) >= 11 is 0. The van der Waals surface area contributed by atoms with Gasteiger partial charge in [0, 0.05) is 19.3 Å². The van der Waals surface area contributed by atoms with E-state index in [1.165, 1.54) is 205 Å². The highest BCUT2D eigenvalue weighted by Gasteiger charge is 2.19. The van der Waals surface area contributed by atoms with Crippen molar-refractivity contribution >= 4 is 17.9 Å². The number of unbranched alkanes of at least 4 members (excludes halogenated alkanes) is 37. The van der Waals surface area contributed by atoms with Crippen molar-refractivity contribution < 1.29 is 28.6 Å². The van der Waals surface area contributed by atoms with Crippen molar-refractivity contribution in [3.8, 4) is 0 Å². The van der Waals surface area contributed by atoms with Crippen LogP contribution in [0.5, 0.6) is 0 Å². The summed E-state index contributed by atoms with van der Waals surface area (Å²) in [5.74, 6) is -0.864. The highest BCUT2D eigenvalue weighted by atomic mass is 16.6. The van der Waals surface area contributed by atoms with E-state index in [1.54, 1.807) is 0 Å². The molecule has 0 fully saturated rings. The first-order chi connectivity index (χ1) is 39.0. The van der Waals surface area contributed by atoms with E-state index in [2.05, 4.69) is 106 Å². The Morgan fingerprint density at radius 2 is 0.494 bits per heavy atom. The highest BCUT2D eigenvalue weighted by molar-refractivity contribution is 5.71. The molecule has 0 heterocycles. The van der Waals surface area contributed by atoms with Crippen molar-refractivity contribution in [2.24, 2.45) is 0 Å². The maximum Gasteiger partial charge on any atom is 0.306 e. The van der Waals surface area contributed by atoms with Gasteiger partial charge in [-0.1, -0.05) is 311 Å². The third kappa shape index (κ3) is 65.3. The fourth-order valence-electron chi connectivity index (χ4n) is 9.80. The van der Waals surface area contributed by atoms with Gasteiger partial charge in [0.25, 0.3) is 0 Å². The van der Waals surface area contributed by atoms with Crippen LogP contribution in [0.15, 0.2) is 85.1 Å². The molecular formula is C73H128O6. The first kappa shape index (κ1) is 75.6. The van der Waals surface area contributed by atoms with Gasteiger partial charge < -0.3 is 14.2 Å². The Labute approximate surface area is 490 Å². The van der Waals surface area contributed by atoms with Crippen molar-refractivity contribution in [1.82, 2.24) is 0 Å². The first-order valence-electron chi connectivity index (χ1n) is 34.1. The second kappa shape index (κ2) is 67.1. The van der Waals surface area contributed by atoms with Crippen molar-refractivity contribution in [3.63, 3.8) is 0 Å². The fraction of sp³-hybridized carbons (Fsp3) is 0.767. The minimum atomic E-state index is -0.777. The Morgan fingerprint density at radius 1 is 0.266 bits per heavy atom. The maximum atomic E-state index is 12.9. The molecule has 0 saturated heterocycles. The fourth-order valence-corrected chi connectivity index (χ4v) is 9.80. The van der Waals surface area contributed by atoms with Crippen LogP contribution in [-0.4, -0.2) is 37.2 Å². The quantitative estimate of drug-likeness (QED) is 0.0261. The van der Waals surface area contributed by atoms with Gasteiger partial charge in [0.15, 0.2) is 6.10 Å². The molecule has 0 spiro atoms. The Balaban J connectivity index is 4.22. The molecule has 0 aromatic rings. The first-order valence-corrected chi connectivity index (χ1v) is 34.1. The van der Waals surface area contributed by atoms with Crippen molar-refractivity contribution in [3.05, 3.63) is 85.1 Å². The van der Waals surface area contributed by atoms with E-state index < -0.39 is 6.10 Å². The smallest absolute Gasteiger partial charge is 0.306 e. The minimum Gasteiger partial charge on any atom is -0.462 e. The maximum absolute atomic E-state index is 12.9. The van der Waals surface area contributed by atoms with Gasteiger partial charge in [0.2, 0.25) is 0 Å². The lowest BCUT2D eigenvalue weighted by Crippen LogP contribution is -2.30. The number of allylic oxidation sites excluding steroid dienone is 14. The van der Waals surface area contributed by atoms with Gasteiger partial charge in [-0.3, -0.25) is 14.4 Å². The monoisotopic (exact) mass is 1100 g/mol. The Morgan fingerprint density at radius 3 is 0.785 bits per heavy atom. The SMILES string of the molecule is CC/C=C\C/C=C\C/C=C\C/C=C\C/C=C\C/C=C\CCCCCCCCCCCCCCC(=O)OCC(COC(=O)CCCCCCCCCCCCCC)OC(=O)CCCCCCCCC/C=C\CCCCCCCCC. The van der Waals surface area contributed by atoms with Crippen molar-refractivity contribution in [2.75, 3.05) is 13.2 Å². The molecule has 0 radical (unpaired) electrons. The summed E-state index contributed by atoms with van der Waals surface area (Å²) in [6.45, 7) is 6.56. The van der Waals surface area contributed by atoms with E-state index >= 15 is 0 Å². The molecule has 6 nitrogen and oxygen atoms in total. The van der Waals surface area contributed by atoms with E-state index in [9.17, 15) is 14.4 Å². The number of hydrogen-bond acceptors (Lipinski definition) is 6. The van der Waals surface area contributed by atoms with Crippen LogP contribution in [0.25, 0.3) is 0 Å². The van der Waals surface area contributed by atoms with Crippen LogP contribution in [0.2, 0.25) is 0 Å². The lowest BCUT2D eigenvalue weighted by molar-refractivity contribution is -0.167. The summed E-state index contributed by atoms with van der Waals surface area (Å²) in [6, 6.07) is 0. The van der Waals surface area contributed by atoms with Crippen LogP contribution in [0.4, 0.5) is 0 Å². The molecule has 79 heavy (non-hydrogen) atoms. The molecule has 0 aliphatic carbocycles. The molecule has 1 atom stereocenters. The molecule has 6 heteroatoms. The van der Waals surface area contributed by atoms with Gasteiger partial charge in [0.1, 0.15) is 13.2 Å². The zero-order valence-corrected chi connectivity index (χ0v) is 52.4. The average Bonchev–Trinajstić information content (AvgIpc) is 3.45. The molecule has 0 aromatic heterocycles. The Kier molecular flexibility index (Phi) is 64.2. The predicted octanol–water partition coefficient (Wildman–Crippen LogP) is 23.4. The summed E-state index contributed by atoms with van der Waals surface area (Å²) < 4.78 is 16.9. The number of carbonyl (C=O) groups excluding carboxylic acids is 3. The van der Waals surface area contributed by atoms with E-state index in [1.807, 2.05) is 0 Å². The topological polar surface area (TPSA) is 78.9 Å². The molecule has 0 aliphatic heterocycles. The molecule has 456 valence electrons. The summed E-state index contributed by atoms with van der Waals surface area (Å²) in [5, 5.41) is 0. The lowest BCUT2D eigenvalue weighted by atomic mass is 10.0. The normalized spacial score (nSPS) is 12.6. The van der Waals surface area contributed by atoms with Crippen molar-refractivity contribution in [2.45, 2.75) is 348 Å². The zero-order valence-electron chi connectivity index (χ0n) is 52.4. The van der Waals surface area contributed by atoms with E-state index in [4.69, 9.17) is 14.2 Å². The van der Waals surface area contributed by atoms with Gasteiger partial charge in [-0.05, 0) is 96.3 Å². The summed E-state index contributed by atoms with van der Waals surface area (Å²) in [7, 11) is 0. The van der Waals surface area contributed by atoms with Gasteiger partial charge in [-0.2, -0.15) is 0 Å². The largest absolute Gasteiger partial charge is 0.462 e. The zero-order chi connectivity index (χ0) is 57.1. The van der Waals surface area contributed by atoms with E-state index in [0.717, 1.165) is 96.3 Å². The minimum absolute atomic E-state index is 0.0739. The molecule has 0 rings (SSSR count). The number of rotatable bonds is 62. The number of hydrogen-bond donors (Lipinski definition) is 0. The third-order valence-electron chi connectivity index (χ3n) is 14.9. The molecule has 1 unspecified atom stereocenters. The number of esters is 3. The molecule has 0 amide bonds. The average molecular weight is 1100 g/mol. The third-order valence-corrected chi connectivity index (χ3v) is 14.9. The molecule has 0 N–H and O–H groups in total. The highest BCUT2D eigenvalue weighted by Crippen LogP contribution is 2.17. The molecule has 0 aliphatic rings. The van der Waals surface area contributed by atoms with Gasteiger partial charge in [-0.25, -0.2) is 0 Å². The number of ether oxygens (including phenoxy) is 3. The number of carbonyl (C=O) groups is 3. The van der Waals surface area contributed by atoms with E-state index in [-0.39, 0.29) is 31.1 Å². The molecule has 0 bridgehead atoms. The van der Waals surface area contributed by atoms with Gasteiger partial charge >= 0.3 is 17.9 Å². The molecule has 0 saturated carbocycles. The van der Waals surface area contributed by atoms with Crippen LogP contribution < -0.4 is 0 Å². The summed E-state index contributed by atoms with van der Waals surface area (Å²) in [5.41, 5.74) is 0. The summed E-state index contributed by atoms with van der Waals surface area (Å²) in [6.07, 6.45) is 88.9. The molecule has 0 aromatic carbocycles.